The molecule has 0 aliphatic carbocycles. The van der Waals surface area contributed by atoms with E-state index in [0.717, 1.165) is 25.7 Å². The van der Waals surface area contributed by atoms with E-state index in [1.165, 1.54) is 0 Å². The number of carbonyl (C=O) groups excluding carboxylic acids is 2. The average molecular weight is 311 g/mol. The second-order valence-corrected chi connectivity index (χ2v) is 6.47. The molecule has 0 bridgehead atoms. The third-order valence-electron chi connectivity index (χ3n) is 5.15. The van der Waals surface area contributed by atoms with Gasteiger partial charge >= 0.3 is 6.09 Å². The fourth-order valence-corrected chi connectivity index (χ4v) is 3.72. The first-order chi connectivity index (χ1) is 10.7. The molecule has 124 valence electrons. The lowest BCUT2D eigenvalue weighted by atomic mass is 9.80. The number of hydrogen-bond donors (Lipinski definition) is 1. The number of carbonyl (C=O) groups is 2. The van der Waals surface area contributed by atoms with E-state index in [4.69, 9.17) is 15.2 Å². The van der Waals surface area contributed by atoms with E-state index in [2.05, 4.69) is 0 Å². The first kappa shape index (κ1) is 15.6. The molecule has 3 heterocycles. The number of rotatable bonds is 3. The maximum atomic E-state index is 12.9. The van der Waals surface area contributed by atoms with E-state index in [-0.39, 0.29) is 18.0 Å². The standard InChI is InChI=1S/C15H25N3O4/c16-10-15(4-1-8-21-11-15)13(19)17-5-2-12(3-6-17)18-7-9-22-14(18)20/h12H,1-11,16H2. The lowest BCUT2D eigenvalue weighted by Gasteiger charge is -2.42. The molecule has 22 heavy (non-hydrogen) atoms. The summed E-state index contributed by atoms with van der Waals surface area (Å²) in [6.45, 7) is 3.98. The van der Waals surface area contributed by atoms with Crippen molar-refractivity contribution in [1.29, 1.82) is 0 Å². The van der Waals surface area contributed by atoms with Crippen molar-refractivity contribution in [3.8, 4) is 0 Å². The molecule has 1 unspecified atom stereocenters. The molecule has 0 aromatic heterocycles. The number of hydrogen-bond acceptors (Lipinski definition) is 5. The quantitative estimate of drug-likeness (QED) is 0.804. The first-order valence-electron chi connectivity index (χ1n) is 8.17. The van der Waals surface area contributed by atoms with E-state index in [0.29, 0.717) is 46.0 Å². The lowest BCUT2D eigenvalue weighted by Crippen LogP contribution is -2.55. The fraction of sp³-hybridized carbons (Fsp3) is 0.867. The summed E-state index contributed by atoms with van der Waals surface area (Å²) in [5.41, 5.74) is 5.35. The van der Waals surface area contributed by atoms with E-state index < -0.39 is 5.41 Å². The van der Waals surface area contributed by atoms with E-state index in [1.54, 1.807) is 4.90 Å². The molecule has 3 rings (SSSR count). The molecule has 2 amide bonds. The third kappa shape index (κ3) is 2.79. The largest absolute Gasteiger partial charge is 0.448 e. The van der Waals surface area contributed by atoms with Crippen LogP contribution in [0.25, 0.3) is 0 Å². The number of nitrogens with zero attached hydrogens (tertiary/aromatic N) is 2. The van der Waals surface area contributed by atoms with Gasteiger partial charge in [0.25, 0.3) is 0 Å². The van der Waals surface area contributed by atoms with Crippen molar-refractivity contribution in [2.45, 2.75) is 31.7 Å². The number of amides is 2. The molecule has 0 saturated carbocycles. The second-order valence-electron chi connectivity index (χ2n) is 6.47. The van der Waals surface area contributed by atoms with Crippen molar-refractivity contribution in [3.63, 3.8) is 0 Å². The zero-order valence-electron chi connectivity index (χ0n) is 13.0. The van der Waals surface area contributed by atoms with Crippen LogP contribution in [0.3, 0.4) is 0 Å². The Kier molecular flexibility index (Phi) is 4.54. The molecular formula is C15H25N3O4. The molecule has 7 heteroatoms. The van der Waals surface area contributed by atoms with Crippen LogP contribution in [0.2, 0.25) is 0 Å². The van der Waals surface area contributed by atoms with Gasteiger partial charge < -0.3 is 25.0 Å². The van der Waals surface area contributed by atoms with Crippen LogP contribution in [0.1, 0.15) is 25.7 Å². The Balaban J connectivity index is 1.58. The topological polar surface area (TPSA) is 85.1 Å². The Morgan fingerprint density at radius 1 is 1.27 bits per heavy atom. The van der Waals surface area contributed by atoms with Gasteiger partial charge in [-0.3, -0.25) is 4.79 Å². The zero-order valence-corrected chi connectivity index (χ0v) is 13.0. The summed E-state index contributed by atoms with van der Waals surface area (Å²) in [5.74, 6) is 0.122. The van der Waals surface area contributed by atoms with Gasteiger partial charge in [-0.1, -0.05) is 0 Å². The predicted octanol–water partition coefficient (Wildman–Crippen LogP) is 0.185. The van der Waals surface area contributed by atoms with Gasteiger partial charge in [-0.05, 0) is 25.7 Å². The molecule has 3 saturated heterocycles. The lowest BCUT2D eigenvalue weighted by molar-refractivity contribution is -0.151. The van der Waals surface area contributed by atoms with Gasteiger partial charge in [-0.2, -0.15) is 0 Å². The second kappa shape index (κ2) is 6.42. The minimum absolute atomic E-state index is 0.122. The number of piperidine rings is 1. The number of ether oxygens (including phenoxy) is 2. The summed E-state index contributed by atoms with van der Waals surface area (Å²) in [7, 11) is 0. The molecule has 3 fully saturated rings. The number of nitrogens with two attached hydrogens (primary N) is 1. The minimum Gasteiger partial charge on any atom is -0.448 e. The average Bonchev–Trinajstić information content (AvgIpc) is 3.01. The molecule has 3 aliphatic rings. The monoisotopic (exact) mass is 311 g/mol. The maximum absolute atomic E-state index is 12.9. The number of likely N-dealkylation sites (tertiary alicyclic amines) is 1. The first-order valence-corrected chi connectivity index (χ1v) is 8.17. The summed E-state index contributed by atoms with van der Waals surface area (Å²) in [5, 5.41) is 0. The summed E-state index contributed by atoms with van der Waals surface area (Å²) >= 11 is 0. The van der Waals surface area contributed by atoms with Gasteiger partial charge in [0.15, 0.2) is 0 Å². The summed E-state index contributed by atoms with van der Waals surface area (Å²) in [6.07, 6.45) is 3.09. The Labute approximate surface area is 130 Å². The summed E-state index contributed by atoms with van der Waals surface area (Å²) in [4.78, 5) is 28.2. The smallest absolute Gasteiger partial charge is 0.410 e. The van der Waals surface area contributed by atoms with Gasteiger partial charge in [-0.25, -0.2) is 4.79 Å². The highest BCUT2D eigenvalue weighted by atomic mass is 16.6. The molecule has 3 aliphatic heterocycles. The molecular weight excluding hydrogens is 286 g/mol. The molecule has 7 nitrogen and oxygen atoms in total. The van der Waals surface area contributed by atoms with Gasteiger partial charge in [0.1, 0.15) is 6.61 Å². The van der Waals surface area contributed by atoms with Crippen LogP contribution in [-0.2, 0) is 14.3 Å². The van der Waals surface area contributed by atoms with Crippen molar-refractivity contribution in [1.82, 2.24) is 9.80 Å². The fourth-order valence-electron chi connectivity index (χ4n) is 3.72. The molecule has 2 N–H and O–H groups in total. The van der Waals surface area contributed by atoms with E-state index >= 15 is 0 Å². The Hall–Kier alpha value is -1.34. The van der Waals surface area contributed by atoms with Gasteiger partial charge in [-0.15, -0.1) is 0 Å². The minimum atomic E-state index is -0.544. The van der Waals surface area contributed by atoms with Crippen molar-refractivity contribution in [2.75, 3.05) is 46.0 Å². The van der Waals surface area contributed by atoms with Crippen LogP contribution in [-0.4, -0.2) is 73.8 Å². The molecule has 0 radical (unpaired) electrons. The SMILES string of the molecule is NCC1(C(=O)N2CCC(N3CCOC3=O)CC2)CCCOC1. The molecule has 1 atom stereocenters. The Morgan fingerprint density at radius 2 is 2.05 bits per heavy atom. The van der Waals surface area contributed by atoms with Gasteiger partial charge in [0.05, 0.1) is 18.6 Å². The number of cyclic esters (lactones) is 1. The van der Waals surface area contributed by atoms with Crippen LogP contribution in [0, 0.1) is 5.41 Å². The van der Waals surface area contributed by atoms with Gasteiger partial charge in [0.2, 0.25) is 5.91 Å². The summed E-state index contributed by atoms with van der Waals surface area (Å²) in [6, 6.07) is 0.190. The van der Waals surface area contributed by atoms with Crippen molar-refractivity contribution < 1.29 is 19.1 Å². The van der Waals surface area contributed by atoms with Crippen molar-refractivity contribution in [3.05, 3.63) is 0 Å². The highest BCUT2D eigenvalue weighted by Gasteiger charge is 2.43. The summed E-state index contributed by atoms with van der Waals surface area (Å²) < 4.78 is 10.5. The van der Waals surface area contributed by atoms with Crippen molar-refractivity contribution >= 4 is 12.0 Å². The van der Waals surface area contributed by atoms with Crippen LogP contribution in [0.4, 0.5) is 4.79 Å². The third-order valence-corrected chi connectivity index (χ3v) is 5.15. The Morgan fingerprint density at radius 3 is 2.59 bits per heavy atom. The van der Waals surface area contributed by atoms with Crippen molar-refractivity contribution in [2.24, 2.45) is 11.1 Å². The molecule has 0 aromatic carbocycles. The zero-order chi connectivity index (χ0) is 15.6. The molecule has 0 aromatic rings. The van der Waals surface area contributed by atoms with Crippen LogP contribution < -0.4 is 5.73 Å². The van der Waals surface area contributed by atoms with Gasteiger partial charge in [0, 0.05) is 32.3 Å². The predicted molar refractivity (Wildman–Crippen MR) is 79.2 cm³/mol. The highest BCUT2D eigenvalue weighted by Crippen LogP contribution is 2.31. The van der Waals surface area contributed by atoms with Crippen LogP contribution >= 0.6 is 0 Å². The van der Waals surface area contributed by atoms with E-state index in [1.807, 2.05) is 4.90 Å². The van der Waals surface area contributed by atoms with Crippen LogP contribution in [0.5, 0.6) is 0 Å². The Bertz CT molecular complexity index is 429. The van der Waals surface area contributed by atoms with Crippen LogP contribution in [0.15, 0.2) is 0 Å². The highest BCUT2D eigenvalue weighted by molar-refractivity contribution is 5.83. The maximum Gasteiger partial charge on any atom is 0.410 e. The molecule has 0 spiro atoms. The van der Waals surface area contributed by atoms with E-state index in [9.17, 15) is 9.59 Å². The normalized spacial score (nSPS) is 30.5.